The summed E-state index contributed by atoms with van der Waals surface area (Å²) >= 11 is 0. The molecule has 1 aromatic rings. The average Bonchev–Trinajstić information content (AvgIpc) is 2.44. The fourth-order valence-corrected chi connectivity index (χ4v) is 1.94. The van der Waals surface area contributed by atoms with Crippen molar-refractivity contribution in [2.24, 2.45) is 11.7 Å². The Morgan fingerprint density at radius 3 is 2.68 bits per heavy atom. The molecule has 106 valence electrons. The molecule has 0 bridgehead atoms. The highest BCUT2D eigenvalue weighted by atomic mass is 16.5. The van der Waals surface area contributed by atoms with Gasteiger partial charge in [0.05, 0.1) is 7.11 Å². The zero-order chi connectivity index (χ0) is 14.4. The second kappa shape index (κ2) is 7.14. The standard InChI is InChI=1S/C15H24N2O2/c1-5-17(10-11(2)9-16)15(18)13-7-6-12(3)14(8-13)19-4/h6-8,11H,5,9-10,16H2,1-4H3. The van der Waals surface area contributed by atoms with Gasteiger partial charge in [0.2, 0.25) is 0 Å². The fraction of sp³-hybridized carbons (Fsp3) is 0.533. The predicted molar refractivity (Wildman–Crippen MR) is 77.5 cm³/mol. The smallest absolute Gasteiger partial charge is 0.253 e. The molecule has 0 fully saturated rings. The van der Waals surface area contributed by atoms with Gasteiger partial charge in [-0.2, -0.15) is 0 Å². The zero-order valence-corrected chi connectivity index (χ0v) is 12.3. The molecule has 0 saturated carbocycles. The molecule has 0 radical (unpaired) electrons. The van der Waals surface area contributed by atoms with Gasteiger partial charge in [0.15, 0.2) is 0 Å². The first-order chi connectivity index (χ1) is 9.03. The maximum atomic E-state index is 12.4. The van der Waals surface area contributed by atoms with Crippen molar-refractivity contribution in [3.8, 4) is 5.75 Å². The van der Waals surface area contributed by atoms with Gasteiger partial charge in [-0.3, -0.25) is 4.79 Å². The minimum atomic E-state index is 0.0288. The van der Waals surface area contributed by atoms with Crippen molar-refractivity contribution < 1.29 is 9.53 Å². The molecule has 0 aliphatic carbocycles. The zero-order valence-electron chi connectivity index (χ0n) is 12.3. The molecule has 0 aliphatic heterocycles. The molecule has 19 heavy (non-hydrogen) atoms. The number of nitrogens with two attached hydrogens (primary N) is 1. The van der Waals surface area contributed by atoms with Crippen molar-refractivity contribution in [2.75, 3.05) is 26.7 Å². The topological polar surface area (TPSA) is 55.6 Å². The van der Waals surface area contributed by atoms with E-state index in [9.17, 15) is 4.79 Å². The molecule has 0 saturated heterocycles. The molecule has 1 aromatic carbocycles. The van der Waals surface area contributed by atoms with Crippen LogP contribution in [0.25, 0.3) is 0 Å². The lowest BCUT2D eigenvalue weighted by molar-refractivity contribution is 0.0743. The van der Waals surface area contributed by atoms with E-state index in [-0.39, 0.29) is 5.91 Å². The number of methoxy groups -OCH3 is 1. The summed E-state index contributed by atoms with van der Waals surface area (Å²) in [6, 6.07) is 5.55. The second-order valence-corrected chi connectivity index (χ2v) is 4.87. The molecule has 0 aromatic heterocycles. The van der Waals surface area contributed by atoms with Crippen LogP contribution in [-0.2, 0) is 0 Å². The number of nitrogens with zero attached hydrogens (tertiary/aromatic N) is 1. The number of carbonyl (C=O) groups excluding carboxylic acids is 1. The molecular formula is C15H24N2O2. The van der Waals surface area contributed by atoms with Gasteiger partial charge in [-0.15, -0.1) is 0 Å². The minimum absolute atomic E-state index is 0.0288. The monoisotopic (exact) mass is 264 g/mol. The normalized spacial score (nSPS) is 12.1. The van der Waals surface area contributed by atoms with E-state index in [4.69, 9.17) is 10.5 Å². The van der Waals surface area contributed by atoms with E-state index in [0.29, 0.717) is 31.1 Å². The second-order valence-electron chi connectivity index (χ2n) is 4.87. The fourth-order valence-electron chi connectivity index (χ4n) is 1.94. The van der Waals surface area contributed by atoms with Crippen LogP contribution in [0.1, 0.15) is 29.8 Å². The van der Waals surface area contributed by atoms with Gasteiger partial charge in [-0.1, -0.05) is 13.0 Å². The molecule has 1 atom stereocenters. The van der Waals surface area contributed by atoms with Crippen LogP contribution in [0.3, 0.4) is 0 Å². The molecule has 4 nitrogen and oxygen atoms in total. The lowest BCUT2D eigenvalue weighted by Gasteiger charge is -2.24. The Labute approximate surface area is 115 Å². The number of carbonyl (C=O) groups is 1. The highest BCUT2D eigenvalue weighted by Gasteiger charge is 2.17. The van der Waals surface area contributed by atoms with Crippen LogP contribution < -0.4 is 10.5 Å². The Morgan fingerprint density at radius 1 is 1.47 bits per heavy atom. The number of amides is 1. The van der Waals surface area contributed by atoms with Gasteiger partial charge in [0.25, 0.3) is 5.91 Å². The van der Waals surface area contributed by atoms with Gasteiger partial charge in [0, 0.05) is 18.7 Å². The van der Waals surface area contributed by atoms with Crippen molar-refractivity contribution in [3.63, 3.8) is 0 Å². The van der Waals surface area contributed by atoms with Crippen molar-refractivity contribution in [1.82, 2.24) is 4.90 Å². The predicted octanol–water partition coefficient (Wildman–Crippen LogP) is 2.06. The van der Waals surface area contributed by atoms with Crippen LogP contribution in [-0.4, -0.2) is 37.6 Å². The summed E-state index contributed by atoms with van der Waals surface area (Å²) in [5.41, 5.74) is 7.31. The molecule has 0 aliphatic rings. The number of hydrogen-bond acceptors (Lipinski definition) is 3. The Morgan fingerprint density at radius 2 is 2.16 bits per heavy atom. The maximum Gasteiger partial charge on any atom is 0.253 e. The van der Waals surface area contributed by atoms with Crippen LogP contribution >= 0.6 is 0 Å². The van der Waals surface area contributed by atoms with Crippen LogP contribution in [0.2, 0.25) is 0 Å². The number of rotatable bonds is 6. The largest absolute Gasteiger partial charge is 0.496 e. The lowest BCUT2D eigenvalue weighted by atomic mass is 10.1. The third-order valence-corrected chi connectivity index (χ3v) is 3.26. The van der Waals surface area contributed by atoms with Crippen molar-refractivity contribution in [2.45, 2.75) is 20.8 Å². The summed E-state index contributed by atoms with van der Waals surface area (Å²) in [4.78, 5) is 14.3. The third-order valence-electron chi connectivity index (χ3n) is 3.26. The molecule has 0 spiro atoms. The Hall–Kier alpha value is -1.55. The van der Waals surface area contributed by atoms with Crippen molar-refractivity contribution in [1.29, 1.82) is 0 Å². The number of aryl methyl sites for hydroxylation is 1. The van der Waals surface area contributed by atoms with Crippen molar-refractivity contribution >= 4 is 5.91 Å². The Balaban J connectivity index is 2.91. The Bertz CT molecular complexity index is 432. The Kier molecular flexibility index (Phi) is 5.83. The van der Waals surface area contributed by atoms with Crippen LogP contribution in [0.15, 0.2) is 18.2 Å². The lowest BCUT2D eigenvalue weighted by Crippen LogP contribution is -2.36. The third kappa shape index (κ3) is 3.96. The molecule has 2 N–H and O–H groups in total. The average molecular weight is 264 g/mol. The first-order valence-corrected chi connectivity index (χ1v) is 6.67. The number of ether oxygens (including phenoxy) is 1. The van der Waals surface area contributed by atoms with E-state index in [1.165, 1.54) is 0 Å². The van der Waals surface area contributed by atoms with Gasteiger partial charge in [0.1, 0.15) is 5.75 Å². The van der Waals surface area contributed by atoms with E-state index in [2.05, 4.69) is 0 Å². The van der Waals surface area contributed by atoms with Crippen LogP contribution in [0.5, 0.6) is 5.75 Å². The molecule has 0 heterocycles. The SMILES string of the molecule is CCN(CC(C)CN)C(=O)c1ccc(C)c(OC)c1. The van der Waals surface area contributed by atoms with E-state index < -0.39 is 0 Å². The van der Waals surface area contributed by atoms with Gasteiger partial charge in [-0.25, -0.2) is 0 Å². The molecular weight excluding hydrogens is 240 g/mol. The molecule has 4 heteroatoms. The first-order valence-electron chi connectivity index (χ1n) is 6.67. The van der Waals surface area contributed by atoms with Gasteiger partial charge < -0.3 is 15.4 Å². The number of hydrogen-bond donors (Lipinski definition) is 1. The summed E-state index contributed by atoms with van der Waals surface area (Å²) < 4.78 is 5.26. The van der Waals surface area contributed by atoms with Crippen molar-refractivity contribution in [3.05, 3.63) is 29.3 Å². The van der Waals surface area contributed by atoms with E-state index in [1.807, 2.05) is 37.8 Å². The highest BCUT2D eigenvalue weighted by molar-refractivity contribution is 5.94. The molecule has 1 rings (SSSR count). The van der Waals surface area contributed by atoms with E-state index in [1.54, 1.807) is 13.2 Å². The summed E-state index contributed by atoms with van der Waals surface area (Å²) in [5.74, 6) is 1.08. The van der Waals surface area contributed by atoms with Gasteiger partial charge >= 0.3 is 0 Å². The molecule has 1 unspecified atom stereocenters. The highest BCUT2D eigenvalue weighted by Crippen LogP contribution is 2.20. The minimum Gasteiger partial charge on any atom is -0.496 e. The van der Waals surface area contributed by atoms with Gasteiger partial charge in [-0.05, 0) is 44.0 Å². The molecule has 1 amide bonds. The van der Waals surface area contributed by atoms with E-state index >= 15 is 0 Å². The quantitative estimate of drug-likeness (QED) is 0.855. The first kappa shape index (κ1) is 15.5. The summed E-state index contributed by atoms with van der Waals surface area (Å²) in [6.07, 6.45) is 0. The van der Waals surface area contributed by atoms with E-state index in [0.717, 1.165) is 11.3 Å². The summed E-state index contributed by atoms with van der Waals surface area (Å²) in [7, 11) is 1.62. The summed E-state index contributed by atoms with van der Waals surface area (Å²) in [6.45, 7) is 7.93. The maximum absolute atomic E-state index is 12.4. The summed E-state index contributed by atoms with van der Waals surface area (Å²) in [5, 5.41) is 0. The van der Waals surface area contributed by atoms with Crippen LogP contribution in [0, 0.1) is 12.8 Å². The number of benzene rings is 1. The van der Waals surface area contributed by atoms with Crippen LogP contribution in [0.4, 0.5) is 0 Å².